The zero-order chi connectivity index (χ0) is 20.9. The summed E-state index contributed by atoms with van der Waals surface area (Å²) < 4.78 is 0.926. The molecule has 6 nitrogen and oxygen atoms in total. The molecule has 1 aliphatic heterocycles. The normalized spacial score (nSPS) is 14.2. The van der Waals surface area contributed by atoms with Crippen LogP contribution in [0.4, 0.5) is 5.95 Å². The van der Waals surface area contributed by atoms with Crippen LogP contribution in [0.3, 0.4) is 0 Å². The van der Waals surface area contributed by atoms with Gasteiger partial charge in [-0.3, -0.25) is 4.79 Å². The van der Waals surface area contributed by atoms with Crippen molar-refractivity contribution < 1.29 is 4.79 Å². The van der Waals surface area contributed by atoms with Crippen molar-refractivity contribution in [2.24, 2.45) is 0 Å². The molecule has 156 valence electrons. The fourth-order valence-electron chi connectivity index (χ4n) is 3.09. The monoisotopic (exact) mass is 479 g/mol. The third-order valence-corrected chi connectivity index (χ3v) is 7.40. The number of thioether (sulfide) groups is 1. The molecule has 0 spiro atoms. The van der Waals surface area contributed by atoms with Gasteiger partial charge in [-0.1, -0.05) is 41.0 Å². The van der Waals surface area contributed by atoms with Gasteiger partial charge < -0.3 is 9.80 Å². The molecular formula is C20H19Cl2N5OS2. The van der Waals surface area contributed by atoms with Crippen LogP contribution in [-0.2, 0) is 17.0 Å². The summed E-state index contributed by atoms with van der Waals surface area (Å²) in [7, 11) is 0. The minimum atomic E-state index is 0.103. The van der Waals surface area contributed by atoms with Crippen molar-refractivity contribution in [1.29, 1.82) is 0 Å². The first-order valence-electron chi connectivity index (χ1n) is 9.39. The Morgan fingerprint density at radius 1 is 1.13 bits per heavy atom. The largest absolute Gasteiger partial charge is 0.339 e. The van der Waals surface area contributed by atoms with Gasteiger partial charge >= 0.3 is 0 Å². The quantitative estimate of drug-likeness (QED) is 0.487. The van der Waals surface area contributed by atoms with E-state index in [1.807, 2.05) is 22.4 Å². The van der Waals surface area contributed by atoms with Gasteiger partial charge in [-0.15, -0.1) is 11.3 Å². The van der Waals surface area contributed by atoms with Crippen LogP contribution < -0.4 is 4.90 Å². The lowest BCUT2D eigenvalue weighted by atomic mass is 10.2. The van der Waals surface area contributed by atoms with Crippen LogP contribution in [0, 0.1) is 0 Å². The van der Waals surface area contributed by atoms with E-state index in [1.54, 1.807) is 47.6 Å². The van der Waals surface area contributed by atoms with Crippen molar-refractivity contribution in [3.63, 3.8) is 0 Å². The Hall–Kier alpha value is -1.87. The van der Waals surface area contributed by atoms with E-state index in [-0.39, 0.29) is 5.91 Å². The van der Waals surface area contributed by atoms with Crippen molar-refractivity contribution in [3.05, 3.63) is 63.3 Å². The topological polar surface area (TPSA) is 62.2 Å². The summed E-state index contributed by atoms with van der Waals surface area (Å²) in [4.78, 5) is 29.8. The standard InChI is InChI=1S/C20H19Cl2N5OS2/c21-15-3-2-14(17(22)10-15)12-29-20-25-16(13-30-20)11-18(28)26-6-8-27(9-7-26)19-23-4-1-5-24-19/h1-5,10,13H,6-9,11-12H2. The number of benzene rings is 1. The fraction of sp³-hybridized carbons (Fsp3) is 0.300. The summed E-state index contributed by atoms with van der Waals surface area (Å²) in [6.45, 7) is 2.79. The zero-order valence-corrected chi connectivity index (χ0v) is 19.1. The molecule has 1 amide bonds. The van der Waals surface area contributed by atoms with Gasteiger partial charge in [-0.05, 0) is 23.8 Å². The maximum absolute atomic E-state index is 12.7. The van der Waals surface area contributed by atoms with E-state index in [4.69, 9.17) is 23.2 Å². The minimum Gasteiger partial charge on any atom is -0.339 e. The molecule has 1 aromatic carbocycles. The number of halogens is 2. The number of carbonyl (C=O) groups excluding carboxylic acids is 1. The summed E-state index contributed by atoms with van der Waals surface area (Å²) in [5.41, 5.74) is 1.82. The number of aromatic nitrogens is 3. The minimum absolute atomic E-state index is 0.103. The highest BCUT2D eigenvalue weighted by molar-refractivity contribution is 8.00. The van der Waals surface area contributed by atoms with Crippen LogP contribution in [0.25, 0.3) is 0 Å². The van der Waals surface area contributed by atoms with Gasteiger partial charge in [0.1, 0.15) is 4.34 Å². The SMILES string of the molecule is O=C(Cc1csc(SCc2ccc(Cl)cc2Cl)n1)N1CCN(c2ncccn2)CC1. The molecular weight excluding hydrogens is 461 g/mol. The molecule has 2 aromatic heterocycles. The number of piperazine rings is 1. The van der Waals surface area contributed by atoms with E-state index in [0.717, 1.165) is 28.7 Å². The highest BCUT2D eigenvalue weighted by Crippen LogP contribution is 2.30. The van der Waals surface area contributed by atoms with Gasteiger partial charge in [-0.25, -0.2) is 15.0 Å². The molecule has 3 aromatic rings. The van der Waals surface area contributed by atoms with Crippen molar-refractivity contribution in [1.82, 2.24) is 19.9 Å². The second-order valence-corrected chi connectivity index (χ2v) is 9.65. The number of thiazole rings is 1. The van der Waals surface area contributed by atoms with Crippen LogP contribution in [0.2, 0.25) is 10.0 Å². The Morgan fingerprint density at radius 2 is 1.90 bits per heavy atom. The predicted molar refractivity (Wildman–Crippen MR) is 123 cm³/mol. The predicted octanol–water partition coefficient (Wildman–Crippen LogP) is 4.42. The number of nitrogens with zero attached hydrogens (tertiary/aromatic N) is 5. The first kappa shape index (κ1) is 21.4. The fourth-order valence-corrected chi connectivity index (χ4v) is 5.49. The second kappa shape index (κ2) is 9.96. The third-order valence-electron chi connectivity index (χ3n) is 4.70. The van der Waals surface area contributed by atoms with Gasteiger partial charge in [0.05, 0.1) is 12.1 Å². The van der Waals surface area contributed by atoms with E-state index < -0.39 is 0 Å². The van der Waals surface area contributed by atoms with Crippen LogP contribution in [0.1, 0.15) is 11.3 Å². The Morgan fingerprint density at radius 3 is 2.63 bits per heavy atom. The number of hydrogen-bond donors (Lipinski definition) is 0. The maximum atomic E-state index is 12.7. The van der Waals surface area contributed by atoms with Crippen LogP contribution >= 0.6 is 46.3 Å². The number of anilines is 1. The van der Waals surface area contributed by atoms with E-state index in [9.17, 15) is 4.79 Å². The van der Waals surface area contributed by atoms with Crippen LogP contribution in [-0.4, -0.2) is 51.9 Å². The molecule has 0 aliphatic carbocycles. The van der Waals surface area contributed by atoms with Crippen molar-refractivity contribution in [2.75, 3.05) is 31.1 Å². The maximum Gasteiger partial charge on any atom is 0.228 e. The molecule has 10 heteroatoms. The lowest BCUT2D eigenvalue weighted by molar-refractivity contribution is -0.130. The summed E-state index contributed by atoms with van der Waals surface area (Å²) in [6, 6.07) is 7.30. The average Bonchev–Trinajstić information content (AvgIpc) is 3.21. The number of hydrogen-bond acceptors (Lipinski definition) is 7. The van der Waals surface area contributed by atoms with Gasteiger partial charge in [0.15, 0.2) is 0 Å². The highest BCUT2D eigenvalue weighted by Gasteiger charge is 2.23. The second-order valence-electron chi connectivity index (χ2n) is 6.72. The summed E-state index contributed by atoms with van der Waals surface area (Å²) >= 11 is 15.3. The van der Waals surface area contributed by atoms with Gasteiger partial charge in [0, 0.05) is 59.8 Å². The van der Waals surface area contributed by atoms with Crippen LogP contribution in [0.15, 0.2) is 46.4 Å². The summed E-state index contributed by atoms with van der Waals surface area (Å²) in [5.74, 6) is 1.53. The molecule has 30 heavy (non-hydrogen) atoms. The molecule has 0 saturated carbocycles. The van der Waals surface area contributed by atoms with E-state index >= 15 is 0 Å². The molecule has 1 aliphatic rings. The van der Waals surface area contributed by atoms with Gasteiger partial charge in [0.25, 0.3) is 0 Å². The lowest BCUT2D eigenvalue weighted by Crippen LogP contribution is -2.49. The molecule has 1 fully saturated rings. The molecule has 0 N–H and O–H groups in total. The summed E-state index contributed by atoms with van der Waals surface area (Å²) in [5, 5.41) is 3.24. The number of carbonyl (C=O) groups is 1. The lowest BCUT2D eigenvalue weighted by Gasteiger charge is -2.34. The first-order valence-corrected chi connectivity index (χ1v) is 12.0. The molecule has 1 saturated heterocycles. The van der Waals surface area contributed by atoms with E-state index in [0.29, 0.717) is 41.3 Å². The third kappa shape index (κ3) is 5.43. The molecule has 3 heterocycles. The summed E-state index contributed by atoms with van der Waals surface area (Å²) in [6.07, 6.45) is 3.79. The first-order chi connectivity index (χ1) is 14.6. The Bertz CT molecular complexity index is 1010. The van der Waals surface area contributed by atoms with E-state index in [1.165, 1.54) is 0 Å². The molecule has 4 rings (SSSR count). The zero-order valence-electron chi connectivity index (χ0n) is 16.0. The highest BCUT2D eigenvalue weighted by atomic mass is 35.5. The van der Waals surface area contributed by atoms with Crippen LogP contribution in [0.5, 0.6) is 0 Å². The average molecular weight is 480 g/mol. The van der Waals surface area contributed by atoms with E-state index in [2.05, 4.69) is 19.9 Å². The molecule has 0 bridgehead atoms. The van der Waals surface area contributed by atoms with Crippen molar-refractivity contribution in [2.45, 2.75) is 16.5 Å². The van der Waals surface area contributed by atoms with Crippen molar-refractivity contribution >= 4 is 58.2 Å². The van der Waals surface area contributed by atoms with Gasteiger partial charge in [-0.2, -0.15) is 0 Å². The molecule has 0 unspecified atom stereocenters. The smallest absolute Gasteiger partial charge is 0.228 e. The van der Waals surface area contributed by atoms with Gasteiger partial charge in [0.2, 0.25) is 11.9 Å². The Labute approximate surface area is 193 Å². The molecule has 0 radical (unpaired) electrons. The van der Waals surface area contributed by atoms with Crippen molar-refractivity contribution in [3.8, 4) is 0 Å². The molecule has 0 atom stereocenters. The number of rotatable bonds is 6. The Kier molecular flexibility index (Phi) is 7.09. The Balaban J connectivity index is 1.27. The number of amides is 1.